The quantitative estimate of drug-likeness (QED) is 0.716. The largest absolute Gasteiger partial charge is 0.444 e. The smallest absolute Gasteiger partial charge is 0.410 e. The first kappa shape index (κ1) is 17.5. The molecule has 1 aromatic carbocycles. The lowest BCUT2D eigenvalue weighted by Gasteiger charge is -2.28. The average molecular weight is 364 g/mol. The molecule has 0 spiro atoms. The van der Waals surface area contributed by atoms with Crippen molar-refractivity contribution in [3.8, 4) is 11.3 Å². The Kier molecular flexibility index (Phi) is 4.34. The number of hydrogen-bond acceptors (Lipinski definition) is 4. The maximum Gasteiger partial charge on any atom is 0.410 e. The van der Waals surface area contributed by atoms with E-state index in [2.05, 4.69) is 15.0 Å². The topological polar surface area (TPSA) is 71.1 Å². The molecule has 4 rings (SSSR count). The molecule has 0 radical (unpaired) electrons. The fourth-order valence-corrected chi connectivity index (χ4v) is 3.58. The van der Waals surface area contributed by atoms with Crippen molar-refractivity contribution >= 4 is 17.1 Å². The summed E-state index contributed by atoms with van der Waals surface area (Å²) in [6, 6.07) is 12.0. The molecule has 140 valence electrons. The van der Waals surface area contributed by atoms with E-state index in [0.29, 0.717) is 6.54 Å². The van der Waals surface area contributed by atoms with Crippen LogP contribution < -0.4 is 0 Å². The minimum Gasteiger partial charge on any atom is -0.444 e. The number of amides is 1. The van der Waals surface area contributed by atoms with Gasteiger partial charge in [-0.05, 0) is 39.7 Å². The van der Waals surface area contributed by atoms with Crippen LogP contribution in [-0.2, 0) is 4.74 Å². The standard InChI is InChI=1S/C21H24N4O2/c1-21(2,3)27-20(26)25-11-7-10-17(25)15-12-16-19(24-15)18(23-13-22-16)14-8-5-4-6-9-14/h4-6,8-9,12-13,17,24H,7,10-11H2,1-3H3. The van der Waals surface area contributed by atoms with Gasteiger partial charge in [-0.25, -0.2) is 14.8 Å². The third-order valence-electron chi connectivity index (χ3n) is 4.73. The van der Waals surface area contributed by atoms with Crippen molar-refractivity contribution in [2.75, 3.05) is 6.54 Å². The maximum atomic E-state index is 12.6. The highest BCUT2D eigenvalue weighted by atomic mass is 16.6. The number of hydrogen-bond donors (Lipinski definition) is 1. The van der Waals surface area contributed by atoms with Crippen LogP contribution in [0.4, 0.5) is 4.79 Å². The van der Waals surface area contributed by atoms with Crippen molar-refractivity contribution in [1.29, 1.82) is 0 Å². The van der Waals surface area contributed by atoms with Crippen LogP contribution in [0.5, 0.6) is 0 Å². The van der Waals surface area contributed by atoms with E-state index < -0.39 is 5.60 Å². The molecule has 3 heterocycles. The van der Waals surface area contributed by atoms with Gasteiger partial charge in [-0.1, -0.05) is 30.3 Å². The molecule has 0 aliphatic carbocycles. The number of ether oxygens (including phenoxy) is 1. The Labute approximate surface area is 158 Å². The SMILES string of the molecule is CC(C)(C)OC(=O)N1CCCC1c1cc2ncnc(-c3ccccc3)c2[nH]1. The fraction of sp³-hybridized carbons (Fsp3) is 0.381. The third kappa shape index (κ3) is 3.52. The van der Waals surface area contributed by atoms with E-state index >= 15 is 0 Å². The minimum atomic E-state index is -0.503. The number of likely N-dealkylation sites (tertiary alicyclic amines) is 1. The molecule has 1 saturated heterocycles. The van der Waals surface area contributed by atoms with Crippen LogP contribution in [0, 0.1) is 0 Å². The zero-order valence-electron chi connectivity index (χ0n) is 15.9. The molecule has 1 amide bonds. The molecule has 0 bridgehead atoms. The Balaban J connectivity index is 1.69. The Morgan fingerprint density at radius 1 is 1.22 bits per heavy atom. The number of nitrogens with zero attached hydrogens (tertiary/aromatic N) is 3. The third-order valence-corrected chi connectivity index (χ3v) is 4.73. The number of carbonyl (C=O) groups is 1. The molecule has 2 aromatic heterocycles. The summed E-state index contributed by atoms with van der Waals surface area (Å²) < 4.78 is 5.59. The summed E-state index contributed by atoms with van der Waals surface area (Å²) in [5, 5.41) is 0. The van der Waals surface area contributed by atoms with Crippen LogP contribution in [0.15, 0.2) is 42.7 Å². The number of rotatable bonds is 2. The minimum absolute atomic E-state index is 0.0299. The normalized spacial score (nSPS) is 17.4. The van der Waals surface area contributed by atoms with Crippen LogP contribution in [0.2, 0.25) is 0 Å². The van der Waals surface area contributed by atoms with Gasteiger partial charge in [0.2, 0.25) is 0 Å². The number of fused-ring (bicyclic) bond motifs is 1. The summed E-state index contributed by atoms with van der Waals surface area (Å²) in [7, 11) is 0. The van der Waals surface area contributed by atoms with E-state index in [1.165, 1.54) is 0 Å². The average Bonchev–Trinajstić information content (AvgIpc) is 3.27. The highest BCUT2D eigenvalue weighted by molar-refractivity contribution is 5.89. The molecule has 3 aromatic rings. The Morgan fingerprint density at radius 2 is 2.00 bits per heavy atom. The number of benzene rings is 1. The fourth-order valence-electron chi connectivity index (χ4n) is 3.58. The lowest BCUT2D eigenvalue weighted by molar-refractivity contribution is 0.0222. The summed E-state index contributed by atoms with van der Waals surface area (Å²) in [5.41, 5.74) is 4.13. The Morgan fingerprint density at radius 3 is 2.74 bits per heavy atom. The predicted molar refractivity (Wildman–Crippen MR) is 104 cm³/mol. The van der Waals surface area contributed by atoms with Gasteiger partial charge >= 0.3 is 6.09 Å². The number of aromatic amines is 1. The van der Waals surface area contributed by atoms with Crippen molar-refractivity contribution in [2.45, 2.75) is 45.3 Å². The Bertz CT molecular complexity index is 959. The zero-order chi connectivity index (χ0) is 19.0. The van der Waals surface area contributed by atoms with Gasteiger partial charge in [0.15, 0.2) is 0 Å². The van der Waals surface area contributed by atoms with E-state index in [1.54, 1.807) is 6.33 Å². The highest BCUT2D eigenvalue weighted by Gasteiger charge is 2.34. The summed E-state index contributed by atoms with van der Waals surface area (Å²) in [6.07, 6.45) is 3.18. The van der Waals surface area contributed by atoms with E-state index in [4.69, 9.17) is 4.74 Å². The summed E-state index contributed by atoms with van der Waals surface area (Å²) >= 11 is 0. The summed E-state index contributed by atoms with van der Waals surface area (Å²) in [4.78, 5) is 26.8. The first-order valence-corrected chi connectivity index (χ1v) is 9.31. The molecule has 1 atom stereocenters. The first-order chi connectivity index (χ1) is 12.9. The zero-order valence-corrected chi connectivity index (χ0v) is 15.9. The molecule has 0 saturated carbocycles. The predicted octanol–water partition coefficient (Wildman–Crippen LogP) is 4.70. The molecule has 6 nitrogen and oxygen atoms in total. The van der Waals surface area contributed by atoms with Gasteiger partial charge in [-0.2, -0.15) is 0 Å². The highest BCUT2D eigenvalue weighted by Crippen LogP contribution is 2.35. The summed E-state index contributed by atoms with van der Waals surface area (Å²) in [5.74, 6) is 0. The first-order valence-electron chi connectivity index (χ1n) is 9.31. The van der Waals surface area contributed by atoms with E-state index in [0.717, 1.165) is 40.8 Å². The van der Waals surface area contributed by atoms with Crippen LogP contribution >= 0.6 is 0 Å². The van der Waals surface area contributed by atoms with Crippen molar-refractivity contribution < 1.29 is 9.53 Å². The van der Waals surface area contributed by atoms with Gasteiger partial charge in [-0.15, -0.1) is 0 Å². The van der Waals surface area contributed by atoms with Gasteiger partial charge in [0.05, 0.1) is 22.8 Å². The van der Waals surface area contributed by atoms with Crippen molar-refractivity contribution in [1.82, 2.24) is 19.9 Å². The van der Waals surface area contributed by atoms with E-state index in [9.17, 15) is 4.79 Å². The van der Waals surface area contributed by atoms with E-state index in [1.807, 2.05) is 62.1 Å². The van der Waals surface area contributed by atoms with Gasteiger partial charge in [0, 0.05) is 17.8 Å². The van der Waals surface area contributed by atoms with Crippen LogP contribution in [-0.4, -0.2) is 38.1 Å². The van der Waals surface area contributed by atoms with Gasteiger partial charge in [-0.3, -0.25) is 4.90 Å². The lowest BCUT2D eigenvalue weighted by Crippen LogP contribution is -2.36. The van der Waals surface area contributed by atoms with Crippen LogP contribution in [0.25, 0.3) is 22.3 Å². The van der Waals surface area contributed by atoms with Gasteiger partial charge in [0.1, 0.15) is 11.9 Å². The number of aromatic nitrogens is 3. The van der Waals surface area contributed by atoms with E-state index in [-0.39, 0.29) is 12.1 Å². The summed E-state index contributed by atoms with van der Waals surface area (Å²) in [6.45, 7) is 6.37. The molecule has 1 aliphatic rings. The van der Waals surface area contributed by atoms with Gasteiger partial charge < -0.3 is 9.72 Å². The molecule has 1 N–H and O–H groups in total. The van der Waals surface area contributed by atoms with Crippen LogP contribution in [0.1, 0.15) is 45.3 Å². The Hall–Kier alpha value is -2.89. The van der Waals surface area contributed by atoms with Crippen molar-refractivity contribution in [3.05, 3.63) is 48.4 Å². The molecule has 6 heteroatoms. The molecular formula is C21H24N4O2. The molecule has 1 aliphatic heterocycles. The second-order valence-electron chi connectivity index (χ2n) is 7.90. The van der Waals surface area contributed by atoms with Crippen molar-refractivity contribution in [3.63, 3.8) is 0 Å². The maximum absolute atomic E-state index is 12.6. The van der Waals surface area contributed by atoms with Crippen LogP contribution in [0.3, 0.4) is 0 Å². The number of carbonyl (C=O) groups excluding carboxylic acids is 1. The second kappa shape index (κ2) is 6.68. The molecular weight excluding hydrogens is 340 g/mol. The number of nitrogens with one attached hydrogen (secondary N) is 1. The number of H-pyrrole nitrogens is 1. The lowest BCUT2D eigenvalue weighted by atomic mass is 10.1. The molecule has 1 unspecified atom stereocenters. The van der Waals surface area contributed by atoms with Crippen molar-refractivity contribution in [2.24, 2.45) is 0 Å². The molecule has 27 heavy (non-hydrogen) atoms. The van der Waals surface area contributed by atoms with Gasteiger partial charge in [0.25, 0.3) is 0 Å². The second-order valence-corrected chi connectivity index (χ2v) is 7.90. The monoisotopic (exact) mass is 364 g/mol. The molecule has 1 fully saturated rings.